The molecule has 0 aliphatic rings. The van der Waals surface area contributed by atoms with Crippen LogP contribution in [0, 0.1) is 10.1 Å². The summed E-state index contributed by atoms with van der Waals surface area (Å²) in [6.07, 6.45) is 1.93. The van der Waals surface area contributed by atoms with Gasteiger partial charge in [0.15, 0.2) is 5.78 Å². The van der Waals surface area contributed by atoms with Crippen LogP contribution in [0.2, 0.25) is 0 Å². The van der Waals surface area contributed by atoms with E-state index < -0.39 is 4.92 Å². The Morgan fingerprint density at radius 3 is 2.68 bits per heavy atom. The minimum atomic E-state index is -0.431. The second kappa shape index (κ2) is 6.76. The zero-order valence-electron chi connectivity index (χ0n) is 14.2. The van der Waals surface area contributed by atoms with E-state index in [0.717, 1.165) is 16.5 Å². The van der Waals surface area contributed by atoms with Crippen LogP contribution >= 0.6 is 0 Å². The molecule has 6 heteroatoms. The second-order valence-corrected chi connectivity index (χ2v) is 5.89. The first-order valence-electron chi connectivity index (χ1n) is 8.10. The number of para-hydroxylation sites is 1. The van der Waals surface area contributed by atoms with Gasteiger partial charge in [0, 0.05) is 41.8 Å². The van der Waals surface area contributed by atoms with Gasteiger partial charge >= 0.3 is 0 Å². The third-order valence-corrected chi connectivity index (χ3v) is 4.34. The molecule has 0 saturated carbocycles. The standard InChI is InChI=1S/C19H19N3O3/c1-3-21(12-15-11-20-17-7-5-4-6-16(15)17)18-9-8-14(13(2)23)10-19(18)22(24)25/h4-11,20H,3,12H2,1-2H3. The van der Waals surface area contributed by atoms with Crippen LogP contribution < -0.4 is 4.90 Å². The summed E-state index contributed by atoms with van der Waals surface area (Å²) in [5.41, 5.74) is 2.92. The van der Waals surface area contributed by atoms with Gasteiger partial charge in [-0.3, -0.25) is 14.9 Å². The molecule has 128 valence electrons. The van der Waals surface area contributed by atoms with Crippen molar-refractivity contribution in [3.8, 4) is 0 Å². The SMILES string of the molecule is CCN(Cc1c[nH]c2ccccc12)c1ccc(C(C)=O)cc1[N+](=O)[O-]. The molecule has 2 aromatic carbocycles. The van der Waals surface area contributed by atoms with Crippen molar-refractivity contribution >= 4 is 28.1 Å². The number of benzene rings is 2. The van der Waals surface area contributed by atoms with Crippen LogP contribution in [0.15, 0.2) is 48.7 Å². The summed E-state index contributed by atoms with van der Waals surface area (Å²) in [4.78, 5) is 27.8. The van der Waals surface area contributed by atoms with Crippen LogP contribution in [0.5, 0.6) is 0 Å². The second-order valence-electron chi connectivity index (χ2n) is 5.89. The van der Waals surface area contributed by atoms with Crippen molar-refractivity contribution in [3.63, 3.8) is 0 Å². The highest BCUT2D eigenvalue weighted by molar-refractivity contribution is 5.95. The molecule has 0 bridgehead atoms. The average Bonchev–Trinajstić information content (AvgIpc) is 3.02. The molecule has 0 aliphatic carbocycles. The lowest BCUT2D eigenvalue weighted by molar-refractivity contribution is -0.384. The van der Waals surface area contributed by atoms with E-state index in [0.29, 0.717) is 24.3 Å². The van der Waals surface area contributed by atoms with Gasteiger partial charge in [-0.2, -0.15) is 0 Å². The van der Waals surface area contributed by atoms with Crippen molar-refractivity contribution in [1.82, 2.24) is 4.98 Å². The van der Waals surface area contributed by atoms with Crippen LogP contribution in [0.4, 0.5) is 11.4 Å². The third-order valence-electron chi connectivity index (χ3n) is 4.34. The Hall–Kier alpha value is -3.15. The number of H-pyrrole nitrogens is 1. The molecule has 0 radical (unpaired) electrons. The monoisotopic (exact) mass is 337 g/mol. The van der Waals surface area contributed by atoms with Crippen molar-refractivity contribution < 1.29 is 9.72 Å². The van der Waals surface area contributed by atoms with E-state index in [1.165, 1.54) is 13.0 Å². The number of carbonyl (C=O) groups is 1. The lowest BCUT2D eigenvalue weighted by atomic mass is 10.1. The summed E-state index contributed by atoms with van der Waals surface area (Å²) in [7, 11) is 0. The van der Waals surface area contributed by atoms with E-state index in [2.05, 4.69) is 4.98 Å². The van der Waals surface area contributed by atoms with Crippen LogP contribution in [0.1, 0.15) is 29.8 Å². The molecule has 0 unspecified atom stereocenters. The summed E-state index contributed by atoms with van der Waals surface area (Å²) in [6, 6.07) is 12.6. The van der Waals surface area contributed by atoms with Gasteiger partial charge in [-0.1, -0.05) is 18.2 Å². The summed E-state index contributed by atoms with van der Waals surface area (Å²) >= 11 is 0. The predicted octanol–water partition coefficient (Wildman–Crippen LogP) is 4.31. The average molecular weight is 337 g/mol. The lowest BCUT2D eigenvalue weighted by Gasteiger charge is -2.23. The molecular formula is C19H19N3O3. The zero-order chi connectivity index (χ0) is 18.0. The van der Waals surface area contributed by atoms with Gasteiger partial charge in [0.25, 0.3) is 5.69 Å². The number of ketones is 1. The van der Waals surface area contributed by atoms with Gasteiger partial charge < -0.3 is 9.88 Å². The molecule has 0 spiro atoms. The Morgan fingerprint density at radius 1 is 1.24 bits per heavy atom. The fraction of sp³-hybridized carbons (Fsp3) is 0.211. The topological polar surface area (TPSA) is 79.2 Å². The molecule has 3 rings (SSSR count). The summed E-state index contributed by atoms with van der Waals surface area (Å²) in [6.45, 7) is 4.51. The molecule has 0 aliphatic heterocycles. The van der Waals surface area contributed by atoms with E-state index in [1.54, 1.807) is 12.1 Å². The van der Waals surface area contributed by atoms with Gasteiger partial charge in [0.2, 0.25) is 0 Å². The van der Waals surface area contributed by atoms with Gasteiger partial charge in [-0.05, 0) is 37.6 Å². The molecular weight excluding hydrogens is 318 g/mol. The van der Waals surface area contributed by atoms with Gasteiger partial charge in [-0.25, -0.2) is 0 Å². The number of hydrogen-bond donors (Lipinski definition) is 1. The van der Waals surface area contributed by atoms with Crippen molar-refractivity contribution in [2.24, 2.45) is 0 Å². The minimum absolute atomic E-state index is 0.0469. The Balaban J connectivity index is 2.00. The van der Waals surface area contributed by atoms with Crippen LogP contribution in [0.25, 0.3) is 10.9 Å². The van der Waals surface area contributed by atoms with E-state index >= 15 is 0 Å². The Labute approximate surface area is 145 Å². The molecule has 25 heavy (non-hydrogen) atoms. The first-order valence-corrected chi connectivity index (χ1v) is 8.10. The smallest absolute Gasteiger partial charge is 0.293 e. The first kappa shape index (κ1) is 16.7. The number of aromatic nitrogens is 1. The maximum atomic E-state index is 11.5. The number of rotatable bonds is 6. The molecule has 0 saturated heterocycles. The number of nitrogens with one attached hydrogen (secondary N) is 1. The molecule has 1 N–H and O–H groups in total. The highest BCUT2D eigenvalue weighted by Gasteiger charge is 2.21. The van der Waals surface area contributed by atoms with E-state index in [-0.39, 0.29) is 11.5 Å². The number of nitro benzene ring substituents is 1. The molecule has 3 aromatic rings. The van der Waals surface area contributed by atoms with E-state index in [1.807, 2.05) is 42.3 Å². The van der Waals surface area contributed by atoms with Crippen LogP contribution in [-0.2, 0) is 6.54 Å². The minimum Gasteiger partial charge on any atom is -0.362 e. The maximum absolute atomic E-state index is 11.5. The van der Waals surface area contributed by atoms with Gasteiger partial charge in [0.1, 0.15) is 5.69 Å². The summed E-state index contributed by atoms with van der Waals surface area (Å²) in [5, 5.41) is 12.6. The summed E-state index contributed by atoms with van der Waals surface area (Å²) < 4.78 is 0. The molecule has 0 fully saturated rings. The number of anilines is 1. The number of nitro groups is 1. The van der Waals surface area contributed by atoms with Crippen LogP contribution in [-0.4, -0.2) is 22.2 Å². The molecule has 1 heterocycles. The lowest BCUT2D eigenvalue weighted by Crippen LogP contribution is -2.23. The van der Waals surface area contributed by atoms with E-state index in [9.17, 15) is 14.9 Å². The molecule has 0 amide bonds. The number of Topliss-reactive ketones (excluding diaryl/α,β-unsaturated/α-hetero) is 1. The molecule has 1 aromatic heterocycles. The number of hydrogen-bond acceptors (Lipinski definition) is 4. The third kappa shape index (κ3) is 3.24. The number of carbonyl (C=O) groups excluding carboxylic acids is 1. The Kier molecular flexibility index (Phi) is 4.52. The maximum Gasteiger partial charge on any atom is 0.293 e. The Bertz CT molecular complexity index is 946. The molecule has 0 atom stereocenters. The van der Waals surface area contributed by atoms with Crippen LogP contribution in [0.3, 0.4) is 0 Å². The number of nitrogens with zero attached hydrogens (tertiary/aromatic N) is 2. The Morgan fingerprint density at radius 2 is 2.00 bits per heavy atom. The fourth-order valence-corrected chi connectivity index (χ4v) is 2.99. The first-order chi connectivity index (χ1) is 12.0. The van der Waals surface area contributed by atoms with Crippen molar-refractivity contribution in [2.75, 3.05) is 11.4 Å². The predicted molar refractivity (Wildman–Crippen MR) is 98.1 cm³/mol. The van der Waals surface area contributed by atoms with Crippen molar-refractivity contribution in [1.29, 1.82) is 0 Å². The zero-order valence-corrected chi connectivity index (χ0v) is 14.2. The quantitative estimate of drug-likeness (QED) is 0.413. The van der Waals surface area contributed by atoms with Crippen molar-refractivity contribution in [3.05, 3.63) is 69.9 Å². The normalized spacial score (nSPS) is 10.8. The number of aromatic amines is 1. The summed E-state index contributed by atoms with van der Waals surface area (Å²) in [5.74, 6) is -0.186. The molecule has 6 nitrogen and oxygen atoms in total. The van der Waals surface area contributed by atoms with Crippen molar-refractivity contribution in [2.45, 2.75) is 20.4 Å². The van der Waals surface area contributed by atoms with Gasteiger partial charge in [0.05, 0.1) is 4.92 Å². The largest absolute Gasteiger partial charge is 0.362 e. The van der Waals surface area contributed by atoms with E-state index in [4.69, 9.17) is 0 Å². The van der Waals surface area contributed by atoms with Gasteiger partial charge in [-0.15, -0.1) is 0 Å². The number of fused-ring (bicyclic) bond motifs is 1. The highest BCUT2D eigenvalue weighted by atomic mass is 16.6. The highest BCUT2D eigenvalue weighted by Crippen LogP contribution is 2.31. The fourth-order valence-electron chi connectivity index (χ4n) is 2.99.